The first-order valence-corrected chi connectivity index (χ1v) is 9.53. The predicted molar refractivity (Wildman–Crippen MR) is 95.0 cm³/mol. The minimum atomic E-state index is -0.231. The van der Waals surface area contributed by atoms with Crippen LogP contribution >= 0.6 is 47.8 Å². The third-order valence-corrected chi connectivity index (χ3v) is 6.89. The number of aryl methyl sites for hydroxylation is 2. The molecule has 0 bridgehead atoms. The van der Waals surface area contributed by atoms with Crippen LogP contribution in [0.2, 0.25) is 0 Å². The van der Waals surface area contributed by atoms with Gasteiger partial charge in [-0.25, -0.2) is 4.39 Å². The normalized spacial score (nSPS) is 11.9. The third-order valence-electron chi connectivity index (χ3n) is 3.72. The number of hydrogen-bond donors (Lipinski definition) is 0. The fourth-order valence-corrected chi connectivity index (χ4v) is 4.85. The van der Waals surface area contributed by atoms with Gasteiger partial charge in [-0.15, -0.1) is 0 Å². The van der Waals surface area contributed by atoms with Gasteiger partial charge in [0, 0.05) is 29.5 Å². The number of rotatable bonds is 5. The van der Waals surface area contributed by atoms with Crippen molar-refractivity contribution in [2.24, 2.45) is 7.05 Å². The van der Waals surface area contributed by atoms with Crippen LogP contribution in [0.25, 0.3) is 0 Å². The number of alkyl halides is 2. The SMILES string of the molecule is Cc1nn(C)c(CC(CBr)(CBr)c2cccc(F)c2)c1Br. The molecule has 0 saturated heterocycles. The molecule has 0 aliphatic heterocycles. The van der Waals surface area contributed by atoms with Crippen LogP contribution in [0.3, 0.4) is 0 Å². The Morgan fingerprint density at radius 1 is 1.29 bits per heavy atom. The molecule has 0 atom stereocenters. The highest BCUT2D eigenvalue weighted by atomic mass is 79.9. The van der Waals surface area contributed by atoms with Crippen molar-refractivity contribution in [1.82, 2.24) is 9.78 Å². The Morgan fingerprint density at radius 3 is 2.43 bits per heavy atom. The van der Waals surface area contributed by atoms with Gasteiger partial charge < -0.3 is 0 Å². The van der Waals surface area contributed by atoms with Crippen LogP contribution in [0.15, 0.2) is 28.7 Å². The van der Waals surface area contributed by atoms with Crippen LogP contribution in [0.5, 0.6) is 0 Å². The van der Waals surface area contributed by atoms with Crippen molar-refractivity contribution in [2.45, 2.75) is 18.8 Å². The summed E-state index contributed by atoms with van der Waals surface area (Å²) in [7, 11) is 1.94. The Morgan fingerprint density at radius 2 is 1.95 bits per heavy atom. The highest BCUT2D eigenvalue weighted by Crippen LogP contribution is 2.35. The molecule has 0 aliphatic rings. The first-order valence-electron chi connectivity index (χ1n) is 6.49. The maximum atomic E-state index is 13.6. The number of benzene rings is 1. The van der Waals surface area contributed by atoms with Crippen LogP contribution in [0.1, 0.15) is 17.0 Å². The Kier molecular flexibility index (Phi) is 5.65. The van der Waals surface area contributed by atoms with Gasteiger partial charge in [0.1, 0.15) is 5.82 Å². The lowest BCUT2D eigenvalue weighted by Gasteiger charge is -2.31. The summed E-state index contributed by atoms with van der Waals surface area (Å²) in [6.45, 7) is 1.97. The maximum Gasteiger partial charge on any atom is 0.123 e. The van der Waals surface area contributed by atoms with Crippen molar-refractivity contribution in [2.75, 3.05) is 10.7 Å². The summed E-state index contributed by atoms with van der Waals surface area (Å²) < 4.78 is 16.5. The van der Waals surface area contributed by atoms with E-state index in [-0.39, 0.29) is 11.2 Å². The second kappa shape index (κ2) is 6.92. The molecule has 0 fully saturated rings. The zero-order valence-electron chi connectivity index (χ0n) is 11.8. The molecule has 1 aromatic heterocycles. The molecule has 6 heteroatoms. The molecule has 0 spiro atoms. The van der Waals surface area contributed by atoms with E-state index < -0.39 is 0 Å². The van der Waals surface area contributed by atoms with Crippen molar-refractivity contribution >= 4 is 47.8 Å². The van der Waals surface area contributed by atoms with E-state index in [9.17, 15) is 4.39 Å². The average molecular weight is 483 g/mol. The van der Waals surface area contributed by atoms with Crippen molar-refractivity contribution in [3.05, 3.63) is 51.5 Å². The topological polar surface area (TPSA) is 17.8 Å². The van der Waals surface area contributed by atoms with Crippen molar-refractivity contribution in [3.63, 3.8) is 0 Å². The lowest BCUT2D eigenvalue weighted by molar-refractivity contribution is 0.516. The quantitative estimate of drug-likeness (QED) is 0.554. The van der Waals surface area contributed by atoms with Gasteiger partial charge in [0.15, 0.2) is 0 Å². The second-order valence-corrected chi connectivity index (χ2v) is 7.12. The molecule has 0 radical (unpaired) electrons. The Labute approximate surface area is 149 Å². The highest BCUT2D eigenvalue weighted by Gasteiger charge is 2.33. The minimum Gasteiger partial charge on any atom is -0.271 e. The van der Waals surface area contributed by atoms with E-state index in [1.807, 2.05) is 24.7 Å². The Bertz CT molecular complexity index is 636. The molecule has 114 valence electrons. The van der Waals surface area contributed by atoms with Crippen molar-refractivity contribution < 1.29 is 4.39 Å². The minimum absolute atomic E-state index is 0.209. The van der Waals surface area contributed by atoms with Gasteiger partial charge >= 0.3 is 0 Å². The smallest absolute Gasteiger partial charge is 0.123 e. The molecular weight excluding hydrogens is 467 g/mol. The number of nitrogens with zero attached hydrogens (tertiary/aromatic N) is 2. The van der Waals surface area contributed by atoms with Gasteiger partial charge in [-0.3, -0.25) is 4.68 Å². The summed E-state index contributed by atoms with van der Waals surface area (Å²) in [6, 6.07) is 6.82. The third kappa shape index (κ3) is 3.42. The molecule has 2 aromatic rings. The lowest BCUT2D eigenvalue weighted by atomic mass is 9.80. The molecule has 2 nitrogen and oxygen atoms in total. The van der Waals surface area contributed by atoms with E-state index in [0.29, 0.717) is 0 Å². The second-order valence-electron chi connectivity index (χ2n) is 5.20. The molecule has 1 heterocycles. The molecule has 21 heavy (non-hydrogen) atoms. The Hall–Kier alpha value is -0.200. The molecule has 0 unspecified atom stereocenters. The lowest BCUT2D eigenvalue weighted by Crippen LogP contribution is -2.34. The molecule has 0 saturated carbocycles. The van der Waals surface area contributed by atoms with Crippen LogP contribution in [0, 0.1) is 12.7 Å². The molecule has 0 N–H and O–H groups in total. The summed E-state index contributed by atoms with van der Waals surface area (Å²) in [5, 5.41) is 5.89. The number of halogens is 4. The standard InChI is InChI=1S/C15H16Br3FN2/c1-10-14(18)13(21(2)20-10)7-15(8-16,9-17)11-4-3-5-12(19)6-11/h3-6H,7-9H2,1-2H3. The summed E-state index contributed by atoms with van der Waals surface area (Å²) >= 11 is 10.8. The van der Waals surface area contributed by atoms with Gasteiger partial charge in [-0.1, -0.05) is 44.0 Å². The van der Waals surface area contributed by atoms with Gasteiger partial charge in [0.25, 0.3) is 0 Å². The van der Waals surface area contributed by atoms with E-state index in [0.717, 1.165) is 38.5 Å². The van der Waals surface area contributed by atoms with Gasteiger partial charge in [0.2, 0.25) is 0 Å². The molecule has 1 aromatic carbocycles. The first-order chi connectivity index (χ1) is 9.93. The van der Waals surface area contributed by atoms with Gasteiger partial charge in [-0.2, -0.15) is 5.10 Å². The van der Waals surface area contributed by atoms with E-state index in [4.69, 9.17) is 0 Å². The monoisotopic (exact) mass is 480 g/mol. The van der Waals surface area contributed by atoms with E-state index in [1.165, 1.54) is 6.07 Å². The average Bonchev–Trinajstić information content (AvgIpc) is 2.70. The van der Waals surface area contributed by atoms with Crippen LogP contribution in [-0.2, 0) is 18.9 Å². The van der Waals surface area contributed by atoms with Crippen molar-refractivity contribution in [1.29, 1.82) is 0 Å². The molecule has 0 aliphatic carbocycles. The van der Waals surface area contributed by atoms with E-state index in [2.05, 4.69) is 52.9 Å². The zero-order valence-corrected chi connectivity index (χ0v) is 16.6. The van der Waals surface area contributed by atoms with E-state index >= 15 is 0 Å². The predicted octanol–water partition coefficient (Wildman–Crippen LogP) is 4.90. The number of hydrogen-bond acceptors (Lipinski definition) is 1. The largest absolute Gasteiger partial charge is 0.271 e. The summed E-state index contributed by atoms with van der Waals surface area (Å²) in [6.07, 6.45) is 0.755. The molecule has 2 rings (SSSR count). The molecular formula is C15H16Br3FN2. The summed E-state index contributed by atoms with van der Waals surface area (Å²) in [4.78, 5) is 0. The molecule has 0 amide bonds. The van der Waals surface area contributed by atoms with Gasteiger partial charge in [-0.05, 0) is 40.5 Å². The summed E-state index contributed by atoms with van der Waals surface area (Å²) in [5.41, 5.74) is 2.81. The highest BCUT2D eigenvalue weighted by molar-refractivity contribution is 9.10. The van der Waals surface area contributed by atoms with E-state index in [1.54, 1.807) is 12.1 Å². The fraction of sp³-hybridized carbons (Fsp3) is 0.400. The first kappa shape index (κ1) is 17.2. The van der Waals surface area contributed by atoms with Crippen LogP contribution in [0.4, 0.5) is 4.39 Å². The Balaban J connectivity index is 2.48. The summed E-state index contributed by atoms with van der Waals surface area (Å²) in [5.74, 6) is -0.209. The maximum absolute atomic E-state index is 13.6. The van der Waals surface area contributed by atoms with Crippen LogP contribution in [-0.4, -0.2) is 20.4 Å². The van der Waals surface area contributed by atoms with Crippen LogP contribution < -0.4 is 0 Å². The van der Waals surface area contributed by atoms with Crippen molar-refractivity contribution in [3.8, 4) is 0 Å². The van der Waals surface area contributed by atoms with Gasteiger partial charge in [0.05, 0.1) is 15.9 Å². The zero-order chi connectivity index (χ0) is 15.6. The fourth-order valence-electron chi connectivity index (χ4n) is 2.40. The number of aromatic nitrogens is 2.